The third-order valence-electron chi connectivity index (χ3n) is 9.21. The van der Waals surface area contributed by atoms with Crippen LogP contribution in [0.25, 0.3) is 27.9 Å². The molecule has 4 aromatic rings. The van der Waals surface area contributed by atoms with E-state index in [2.05, 4.69) is 43.2 Å². The largest absolute Gasteiger partial charge is 0.490 e. The number of nitrogens with zero attached hydrogens (tertiary/aromatic N) is 4. The van der Waals surface area contributed by atoms with E-state index in [0.29, 0.717) is 37.4 Å². The number of esters is 1. The molecule has 5 rings (SSSR count). The number of hydrogen-bond acceptors (Lipinski definition) is 8. The van der Waals surface area contributed by atoms with Crippen molar-refractivity contribution in [1.82, 2.24) is 9.61 Å². The molecule has 2 aromatic heterocycles. The summed E-state index contributed by atoms with van der Waals surface area (Å²) in [6.45, 7) is 21.5. The Balaban J connectivity index is 1.65. The lowest BCUT2D eigenvalue weighted by atomic mass is 9.91. The number of methoxy groups -OCH3 is 1. The van der Waals surface area contributed by atoms with Gasteiger partial charge in [0.05, 0.1) is 59.6 Å². The minimum Gasteiger partial charge on any atom is -0.490 e. The first kappa shape index (κ1) is 37.3. The van der Waals surface area contributed by atoms with Gasteiger partial charge in [-0.3, -0.25) is 0 Å². The summed E-state index contributed by atoms with van der Waals surface area (Å²) in [7, 11) is 1.39. The Morgan fingerprint density at radius 1 is 1.10 bits per heavy atom. The molecule has 1 aliphatic heterocycles. The summed E-state index contributed by atoms with van der Waals surface area (Å²) in [5, 5.41) is 14.8. The molecule has 0 saturated carbocycles. The normalized spacial score (nSPS) is 15.5. The zero-order valence-electron chi connectivity index (χ0n) is 31.0. The Morgan fingerprint density at radius 3 is 2.47 bits per heavy atom. The van der Waals surface area contributed by atoms with E-state index >= 15 is 0 Å². The van der Waals surface area contributed by atoms with Gasteiger partial charge >= 0.3 is 5.97 Å². The van der Waals surface area contributed by atoms with Crippen LogP contribution in [0.3, 0.4) is 0 Å². The Kier molecular flexibility index (Phi) is 11.4. The average molecular weight is 691 g/mol. The molecule has 0 bridgehead atoms. The van der Waals surface area contributed by atoms with E-state index in [4.69, 9.17) is 24.0 Å². The van der Waals surface area contributed by atoms with Crippen LogP contribution >= 0.6 is 0 Å². The fourth-order valence-corrected chi connectivity index (χ4v) is 6.62. The van der Waals surface area contributed by atoms with Crippen LogP contribution in [0.15, 0.2) is 80.0 Å². The first-order valence-electron chi connectivity index (χ1n) is 17.5. The number of piperidine rings is 1. The van der Waals surface area contributed by atoms with Gasteiger partial charge in [-0.1, -0.05) is 30.4 Å². The highest BCUT2D eigenvalue weighted by Gasteiger charge is 2.37. The van der Waals surface area contributed by atoms with Crippen LogP contribution in [0.4, 0.5) is 5.69 Å². The predicted molar refractivity (Wildman–Crippen MR) is 202 cm³/mol. The van der Waals surface area contributed by atoms with Crippen molar-refractivity contribution in [3.05, 3.63) is 96.7 Å². The van der Waals surface area contributed by atoms with E-state index in [0.717, 1.165) is 57.6 Å². The molecule has 268 valence electrons. The van der Waals surface area contributed by atoms with Gasteiger partial charge in [0.1, 0.15) is 5.75 Å². The molecule has 51 heavy (non-hydrogen) atoms. The monoisotopic (exact) mass is 690 g/mol. The van der Waals surface area contributed by atoms with Crippen LogP contribution in [0.1, 0.15) is 76.7 Å². The zero-order chi connectivity index (χ0) is 36.9. The Bertz CT molecular complexity index is 1940. The minimum absolute atomic E-state index is 0.0797. The van der Waals surface area contributed by atoms with Gasteiger partial charge in [-0.25, -0.2) is 9.31 Å². The summed E-state index contributed by atoms with van der Waals surface area (Å²) in [5.74, 6) is 0.238. The number of aryl methyl sites for hydroxylation is 1. The highest BCUT2D eigenvalue weighted by Crippen LogP contribution is 2.42. The Morgan fingerprint density at radius 2 is 1.82 bits per heavy atom. The molecule has 0 amide bonds. The maximum absolute atomic E-state index is 13.5. The van der Waals surface area contributed by atoms with Crippen molar-refractivity contribution in [3.63, 3.8) is 0 Å². The number of nitriles is 1. The highest BCUT2D eigenvalue weighted by atomic mass is 16.6. The molecule has 1 fully saturated rings. The van der Waals surface area contributed by atoms with Crippen LogP contribution < -0.4 is 9.64 Å². The average Bonchev–Trinajstić information content (AvgIpc) is 3.53. The van der Waals surface area contributed by atoms with Gasteiger partial charge in [0.25, 0.3) is 0 Å². The number of carbonyl (C=O) groups is 1. The molecule has 2 atom stereocenters. The molecule has 0 aliphatic carbocycles. The van der Waals surface area contributed by atoms with Crippen LogP contribution in [0.2, 0.25) is 0 Å². The fourth-order valence-electron chi connectivity index (χ4n) is 6.62. The van der Waals surface area contributed by atoms with E-state index in [1.165, 1.54) is 7.11 Å². The molecule has 9 nitrogen and oxygen atoms in total. The Labute approximate surface area is 302 Å². The highest BCUT2D eigenvalue weighted by molar-refractivity contribution is 5.88. The van der Waals surface area contributed by atoms with E-state index in [-0.39, 0.29) is 11.7 Å². The van der Waals surface area contributed by atoms with Gasteiger partial charge in [-0.2, -0.15) is 10.4 Å². The van der Waals surface area contributed by atoms with Gasteiger partial charge < -0.3 is 23.8 Å². The number of carbonyl (C=O) groups excluding carboxylic acids is 1. The molecule has 0 spiro atoms. The van der Waals surface area contributed by atoms with E-state index in [9.17, 15) is 10.1 Å². The lowest BCUT2D eigenvalue weighted by molar-refractivity contribution is -0.164. The third-order valence-corrected chi connectivity index (χ3v) is 9.21. The maximum atomic E-state index is 13.5. The predicted octanol–water partition coefficient (Wildman–Crippen LogP) is 8.78. The van der Waals surface area contributed by atoms with Crippen molar-refractivity contribution in [2.24, 2.45) is 0 Å². The molecule has 0 N–H and O–H groups in total. The number of aromatic nitrogens is 2. The summed E-state index contributed by atoms with van der Waals surface area (Å²) in [6.07, 6.45) is 6.83. The van der Waals surface area contributed by atoms with E-state index < -0.39 is 17.7 Å². The van der Waals surface area contributed by atoms with Crippen molar-refractivity contribution in [2.45, 2.75) is 84.2 Å². The molecule has 3 heterocycles. The first-order chi connectivity index (χ1) is 24.3. The number of pyridine rings is 1. The lowest BCUT2D eigenvalue weighted by Gasteiger charge is -2.41. The topological polar surface area (TPSA) is 98.3 Å². The molecule has 1 saturated heterocycles. The van der Waals surface area contributed by atoms with Crippen LogP contribution in [0, 0.1) is 18.3 Å². The number of anilines is 1. The molecular weight excluding hydrogens is 640 g/mol. The molecule has 1 aliphatic rings. The Hall–Kier alpha value is -4.91. The molecule has 9 heteroatoms. The number of ether oxygens (including phenoxy) is 4. The van der Waals surface area contributed by atoms with Crippen LogP contribution in [-0.4, -0.2) is 59.7 Å². The second-order valence-corrected chi connectivity index (χ2v) is 14.5. The first-order valence-corrected chi connectivity index (χ1v) is 17.5. The van der Waals surface area contributed by atoms with Crippen molar-refractivity contribution in [2.75, 3.05) is 31.7 Å². The molecular formula is C42H50N4O5. The number of benzene rings is 2. The van der Waals surface area contributed by atoms with E-state index in [1.807, 2.05) is 81.7 Å². The zero-order valence-corrected chi connectivity index (χ0v) is 31.0. The van der Waals surface area contributed by atoms with Crippen molar-refractivity contribution in [3.8, 4) is 34.2 Å². The van der Waals surface area contributed by atoms with Crippen molar-refractivity contribution in [1.29, 1.82) is 5.26 Å². The maximum Gasteiger partial charge on any atom is 0.339 e. The molecule has 2 unspecified atom stereocenters. The fraction of sp³-hybridized carbons (Fsp3) is 0.405. The second-order valence-electron chi connectivity index (χ2n) is 14.5. The van der Waals surface area contributed by atoms with Crippen molar-refractivity contribution < 1.29 is 23.7 Å². The van der Waals surface area contributed by atoms with Crippen molar-refractivity contribution >= 4 is 17.2 Å². The molecule has 0 radical (unpaired) electrons. The number of fused-ring (bicyclic) bond motifs is 1. The summed E-state index contributed by atoms with van der Waals surface area (Å²) in [6, 6.07) is 17.9. The standard InChI is InChI=1S/C42H50N4O5/c1-10-13-29(4)50-36-17-16-30(26-43)23-33(36)31-14-12-15-32(24-31)34-25-35-38(45-20-18-42(8,19-21-45)49-22-11-2)37(28(3)27-46(35)44-34)39(40(47)48-9)51-41(5,6)7/h10-12,14-17,23-25,27,29,39H,1-2,13,18-22H2,3-9H3. The second kappa shape index (κ2) is 15.5. The molecule has 2 aromatic carbocycles. The van der Waals surface area contributed by atoms with E-state index in [1.54, 1.807) is 12.1 Å². The number of rotatable bonds is 13. The number of hydrogen-bond donors (Lipinski definition) is 0. The van der Waals surface area contributed by atoms with Gasteiger partial charge in [0.15, 0.2) is 6.10 Å². The lowest BCUT2D eigenvalue weighted by Crippen LogP contribution is -2.45. The summed E-state index contributed by atoms with van der Waals surface area (Å²) in [4.78, 5) is 15.8. The van der Waals surface area contributed by atoms with Gasteiger partial charge in [-0.05, 0) is 95.8 Å². The van der Waals surface area contributed by atoms with Gasteiger partial charge in [0, 0.05) is 42.4 Å². The smallest absolute Gasteiger partial charge is 0.339 e. The third kappa shape index (κ3) is 8.53. The summed E-state index contributed by atoms with van der Waals surface area (Å²) < 4.78 is 26.2. The van der Waals surface area contributed by atoms with Gasteiger partial charge in [0.2, 0.25) is 0 Å². The summed E-state index contributed by atoms with van der Waals surface area (Å²) >= 11 is 0. The minimum atomic E-state index is -0.948. The van der Waals surface area contributed by atoms with Crippen LogP contribution in [-0.2, 0) is 19.0 Å². The van der Waals surface area contributed by atoms with Crippen LogP contribution in [0.5, 0.6) is 5.75 Å². The SMILES string of the molecule is C=CCOC1(C)CCN(c2c(C(OC(C)(C)C)C(=O)OC)c(C)cn3nc(-c4cccc(-c5cc(C#N)ccc5OC(C)CC=C)c4)cc23)CC1. The summed E-state index contributed by atoms with van der Waals surface area (Å²) in [5.41, 5.74) is 6.40. The quantitative estimate of drug-likeness (QED) is 0.101. The van der Waals surface area contributed by atoms with Gasteiger partial charge in [-0.15, -0.1) is 13.2 Å².